The van der Waals surface area contributed by atoms with Gasteiger partial charge in [0.2, 0.25) is 0 Å². The van der Waals surface area contributed by atoms with Crippen molar-refractivity contribution in [1.29, 1.82) is 0 Å². The van der Waals surface area contributed by atoms with Gasteiger partial charge in [0.15, 0.2) is 0 Å². The van der Waals surface area contributed by atoms with E-state index in [1.165, 1.54) is 25.7 Å². The van der Waals surface area contributed by atoms with Crippen LogP contribution in [0.5, 0.6) is 0 Å². The Balaban J connectivity index is 1.62. The molecular formula is C18H14OS2. The number of thiophene rings is 2. The number of aliphatic hydroxyl groups excluding tert-OH is 1. The van der Waals surface area contributed by atoms with Gasteiger partial charge in [0.25, 0.3) is 0 Å². The summed E-state index contributed by atoms with van der Waals surface area (Å²) in [5.41, 5.74) is 1.18. The van der Waals surface area contributed by atoms with Crippen LogP contribution in [0.25, 0.3) is 20.2 Å². The van der Waals surface area contributed by atoms with E-state index in [0.29, 0.717) is 6.42 Å². The molecule has 0 bridgehead atoms. The van der Waals surface area contributed by atoms with Gasteiger partial charge >= 0.3 is 0 Å². The molecule has 2 heterocycles. The molecule has 4 aromatic rings. The molecular weight excluding hydrogens is 296 g/mol. The first kappa shape index (κ1) is 13.0. The molecule has 4 rings (SSSR count). The molecule has 1 N–H and O–H groups in total. The maximum absolute atomic E-state index is 10.5. The van der Waals surface area contributed by atoms with E-state index in [1.807, 2.05) is 0 Å². The van der Waals surface area contributed by atoms with Gasteiger partial charge in [-0.1, -0.05) is 42.5 Å². The minimum absolute atomic E-state index is 0.421. The minimum Gasteiger partial charge on any atom is -0.387 e. The van der Waals surface area contributed by atoms with Crippen LogP contribution in [0.3, 0.4) is 0 Å². The van der Waals surface area contributed by atoms with Crippen LogP contribution in [-0.4, -0.2) is 5.11 Å². The third-order valence-electron chi connectivity index (χ3n) is 3.73. The highest BCUT2D eigenvalue weighted by atomic mass is 32.1. The molecule has 0 aliphatic carbocycles. The summed E-state index contributed by atoms with van der Waals surface area (Å²) in [6.07, 6.45) is 0.245. The number of hydrogen-bond donors (Lipinski definition) is 1. The average molecular weight is 310 g/mol. The molecule has 0 fully saturated rings. The lowest BCUT2D eigenvalue weighted by atomic mass is 10.0. The predicted molar refractivity (Wildman–Crippen MR) is 92.3 cm³/mol. The van der Waals surface area contributed by atoms with Crippen LogP contribution in [0.2, 0.25) is 0 Å². The van der Waals surface area contributed by atoms with Gasteiger partial charge in [0, 0.05) is 20.7 Å². The van der Waals surface area contributed by atoms with Crippen molar-refractivity contribution in [1.82, 2.24) is 0 Å². The lowest BCUT2D eigenvalue weighted by molar-refractivity contribution is 0.182. The Bertz CT molecular complexity index is 875. The van der Waals surface area contributed by atoms with E-state index in [-0.39, 0.29) is 0 Å². The monoisotopic (exact) mass is 310 g/mol. The zero-order valence-electron chi connectivity index (χ0n) is 11.3. The Morgan fingerprint density at radius 2 is 1.76 bits per heavy atom. The van der Waals surface area contributed by atoms with E-state index in [2.05, 4.69) is 60.0 Å². The standard InChI is InChI=1S/C18H14OS2/c19-15(17-11-18-16(21-17)7-8-20-18)10-12-5-6-13-3-1-2-4-14(13)9-12/h1-9,11,15,19H,10H2. The zero-order chi connectivity index (χ0) is 14.2. The van der Waals surface area contributed by atoms with Crippen molar-refractivity contribution in [2.45, 2.75) is 12.5 Å². The summed E-state index contributed by atoms with van der Waals surface area (Å²) in [7, 11) is 0. The van der Waals surface area contributed by atoms with Gasteiger partial charge in [-0.05, 0) is 33.8 Å². The van der Waals surface area contributed by atoms with Crippen molar-refractivity contribution >= 4 is 42.8 Å². The Morgan fingerprint density at radius 1 is 0.905 bits per heavy atom. The molecule has 0 saturated heterocycles. The van der Waals surface area contributed by atoms with Crippen LogP contribution in [0.1, 0.15) is 16.5 Å². The molecule has 3 heteroatoms. The van der Waals surface area contributed by atoms with E-state index in [1.54, 1.807) is 22.7 Å². The molecule has 1 atom stereocenters. The molecule has 0 aliphatic heterocycles. The van der Waals surface area contributed by atoms with Crippen molar-refractivity contribution in [2.75, 3.05) is 0 Å². The van der Waals surface area contributed by atoms with Gasteiger partial charge in [0.05, 0.1) is 6.10 Å². The second-order valence-electron chi connectivity index (χ2n) is 5.20. The van der Waals surface area contributed by atoms with Crippen molar-refractivity contribution in [3.8, 4) is 0 Å². The fourth-order valence-corrected chi connectivity index (χ4v) is 4.74. The highest BCUT2D eigenvalue weighted by Gasteiger charge is 2.13. The number of benzene rings is 2. The maximum atomic E-state index is 10.5. The second-order valence-corrected chi connectivity index (χ2v) is 7.26. The molecule has 0 aliphatic rings. The smallest absolute Gasteiger partial charge is 0.0922 e. The second kappa shape index (κ2) is 5.26. The lowest BCUT2D eigenvalue weighted by Gasteiger charge is -2.09. The number of fused-ring (bicyclic) bond motifs is 2. The van der Waals surface area contributed by atoms with E-state index in [4.69, 9.17) is 0 Å². The van der Waals surface area contributed by atoms with Crippen molar-refractivity contribution in [2.24, 2.45) is 0 Å². The van der Waals surface area contributed by atoms with Crippen molar-refractivity contribution in [3.05, 3.63) is 70.4 Å². The molecule has 0 spiro atoms. The van der Waals surface area contributed by atoms with Gasteiger partial charge in [-0.15, -0.1) is 22.7 Å². The zero-order valence-corrected chi connectivity index (χ0v) is 13.0. The summed E-state index contributed by atoms with van der Waals surface area (Å²) >= 11 is 3.43. The summed E-state index contributed by atoms with van der Waals surface area (Å²) in [6, 6.07) is 19.0. The first-order valence-corrected chi connectivity index (χ1v) is 8.62. The Hall–Kier alpha value is -1.68. The van der Waals surface area contributed by atoms with Crippen LogP contribution in [0, 0.1) is 0 Å². The lowest BCUT2D eigenvalue weighted by Crippen LogP contribution is -1.99. The summed E-state index contributed by atoms with van der Waals surface area (Å²) in [5.74, 6) is 0. The third kappa shape index (κ3) is 2.48. The van der Waals surface area contributed by atoms with E-state index < -0.39 is 6.10 Å². The Morgan fingerprint density at radius 3 is 2.62 bits per heavy atom. The summed E-state index contributed by atoms with van der Waals surface area (Å²) in [5, 5.41) is 15.1. The topological polar surface area (TPSA) is 20.2 Å². The van der Waals surface area contributed by atoms with Crippen molar-refractivity contribution in [3.63, 3.8) is 0 Å². The molecule has 104 valence electrons. The Kier molecular flexibility index (Phi) is 3.26. The third-order valence-corrected chi connectivity index (χ3v) is 5.92. The first-order valence-electron chi connectivity index (χ1n) is 6.92. The van der Waals surface area contributed by atoms with Gasteiger partial charge in [-0.3, -0.25) is 0 Å². The van der Waals surface area contributed by atoms with Crippen LogP contribution >= 0.6 is 22.7 Å². The molecule has 2 aromatic carbocycles. The van der Waals surface area contributed by atoms with Crippen LogP contribution in [0.15, 0.2) is 60.0 Å². The van der Waals surface area contributed by atoms with E-state index in [9.17, 15) is 5.11 Å². The first-order chi connectivity index (χ1) is 10.3. The van der Waals surface area contributed by atoms with Gasteiger partial charge in [-0.2, -0.15) is 0 Å². The normalized spacial score (nSPS) is 13.0. The SMILES string of the molecule is OC(Cc1ccc2ccccc2c1)c1cc2sccc2s1. The molecule has 21 heavy (non-hydrogen) atoms. The highest BCUT2D eigenvalue weighted by molar-refractivity contribution is 7.26. The summed E-state index contributed by atoms with van der Waals surface area (Å²) < 4.78 is 2.54. The summed E-state index contributed by atoms with van der Waals surface area (Å²) in [4.78, 5) is 1.06. The van der Waals surface area contributed by atoms with Gasteiger partial charge in [0.1, 0.15) is 0 Å². The molecule has 0 radical (unpaired) electrons. The van der Waals surface area contributed by atoms with Crippen LogP contribution in [0.4, 0.5) is 0 Å². The van der Waals surface area contributed by atoms with Gasteiger partial charge < -0.3 is 5.11 Å². The maximum Gasteiger partial charge on any atom is 0.0922 e. The number of aliphatic hydroxyl groups is 1. The molecule has 1 unspecified atom stereocenters. The minimum atomic E-state index is -0.421. The largest absolute Gasteiger partial charge is 0.387 e. The number of rotatable bonds is 3. The van der Waals surface area contributed by atoms with Crippen LogP contribution in [-0.2, 0) is 6.42 Å². The quantitative estimate of drug-likeness (QED) is 0.538. The molecule has 0 amide bonds. The van der Waals surface area contributed by atoms with Crippen molar-refractivity contribution < 1.29 is 5.11 Å². The fraction of sp³-hybridized carbons (Fsp3) is 0.111. The van der Waals surface area contributed by atoms with Crippen LogP contribution < -0.4 is 0 Å². The average Bonchev–Trinajstić information content (AvgIpc) is 3.08. The van der Waals surface area contributed by atoms with E-state index in [0.717, 1.165) is 4.88 Å². The summed E-state index contributed by atoms with van der Waals surface area (Å²) in [6.45, 7) is 0. The number of hydrogen-bond acceptors (Lipinski definition) is 3. The predicted octanol–water partition coefficient (Wildman–Crippen LogP) is 5.39. The fourth-order valence-electron chi connectivity index (χ4n) is 2.64. The highest BCUT2D eigenvalue weighted by Crippen LogP contribution is 2.34. The Labute approximate surface area is 131 Å². The molecule has 1 nitrogen and oxygen atoms in total. The molecule has 0 saturated carbocycles. The van der Waals surface area contributed by atoms with Gasteiger partial charge in [-0.25, -0.2) is 0 Å². The molecule has 2 aromatic heterocycles. The van der Waals surface area contributed by atoms with E-state index >= 15 is 0 Å².